The van der Waals surface area contributed by atoms with E-state index < -0.39 is 0 Å². The van der Waals surface area contributed by atoms with Crippen LogP contribution in [-0.4, -0.2) is 10.1 Å². The first-order valence-corrected chi connectivity index (χ1v) is 7.46. The fraction of sp³-hybridized carbons (Fsp3) is 0.231. The van der Waals surface area contributed by atoms with Gasteiger partial charge < -0.3 is 15.1 Å². The summed E-state index contributed by atoms with van der Waals surface area (Å²) in [5, 5.41) is 7.14. The number of hydrogen-bond donors (Lipinski definition) is 2. The number of nitrogens with one attached hydrogen (secondary N) is 2. The second-order valence-electron chi connectivity index (χ2n) is 4.21. The van der Waals surface area contributed by atoms with Crippen molar-refractivity contribution in [3.05, 3.63) is 44.9 Å². The first-order chi connectivity index (χ1) is 9.45. The number of pyridine rings is 1. The summed E-state index contributed by atoms with van der Waals surface area (Å²) in [5.74, 6) is 2.32. The van der Waals surface area contributed by atoms with E-state index in [0.29, 0.717) is 22.5 Å². The second kappa shape index (κ2) is 6.56. The summed E-state index contributed by atoms with van der Waals surface area (Å²) < 4.78 is 6.21. The maximum absolute atomic E-state index is 5.98. The molecule has 7 heteroatoms. The van der Waals surface area contributed by atoms with Crippen molar-refractivity contribution in [2.45, 2.75) is 20.4 Å². The zero-order chi connectivity index (χ0) is 14.7. The minimum Gasteiger partial charge on any atom is -0.465 e. The van der Waals surface area contributed by atoms with Gasteiger partial charge in [0.2, 0.25) is 0 Å². The Morgan fingerprint density at radius 1 is 1.45 bits per heavy atom. The molecule has 0 saturated carbocycles. The Morgan fingerprint density at radius 2 is 2.20 bits per heavy atom. The second-order valence-corrected chi connectivity index (χ2v) is 5.88. The maximum atomic E-state index is 5.98. The largest absolute Gasteiger partial charge is 0.465 e. The fourth-order valence-electron chi connectivity index (χ4n) is 1.55. The normalized spacial score (nSPS) is 10.4. The molecule has 106 valence electrons. The number of anilines is 1. The molecule has 0 saturated heterocycles. The third-order valence-corrected chi connectivity index (χ3v) is 3.79. The number of hydrogen-bond acceptors (Lipinski definition) is 3. The third kappa shape index (κ3) is 3.94. The van der Waals surface area contributed by atoms with Crippen molar-refractivity contribution >= 4 is 50.7 Å². The Bertz CT molecular complexity index is 645. The molecule has 0 aliphatic heterocycles. The van der Waals surface area contributed by atoms with Crippen LogP contribution in [0, 0.1) is 13.8 Å². The van der Waals surface area contributed by atoms with Gasteiger partial charge >= 0.3 is 0 Å². The Balaban J connectivity index is 1.96. The standard InChI is InChI=1S/C13H13BrClN3OS/c1-7-3-4-9(19-7)6-16-13(20)18-12-10(14)5-11(15)8(2)17-12/h3-5H,6H2,1-2H3,(H2,16,17,18,20). The summed E-state index contributed by atoms with van der Waals surface area (Å²) in [5.41, 5.74) is 0.738. The predicted octanol–water partition coefficient (Wildman–Crippen LogP) is 4.19. The van der Waals surface area contributed by atoms with E-state index in [1.807, 2.05) is 26.0 Å². The van der Waals surface area contributed by atoms with Crippen LogP contribution in [0.2, 0.25) is 5.02 Å². The monoisotopic (exact) mass is 373 g/mol. The first kappa shape index (κ1) is 15.3. The van der Waals surface area contributed by atoms with Crippen LogP contribution in [0.4, 0.5) is 5.82 Å². The van der Waals surface area contributed by atoms with Crippen LogP contribution in [0.1, 0.15) is 17.2 Å². The van der Waals surface area contributed by atoms with E-state index in [1.54, 1.807) is 6.07 Å². The molecule has 0 amide bonds. The molecule has 0 spiro atoms. The van der Waals surface area contributed by atoms with Crippen LogP contribution in [0.3, 0.4) is 0 Å². The van der Waals surface area contributed by atoms with Crippen molar-refractivity contribution in [2.75, 3.05) is 5.32 Å². The first-order valence-electron chi connectivity index (χ1n) is 5.88. The molecule has 2 rings (SSSR count). The fourth-order valence-corrected chi connectivity index (χ4v) is 2.41. The smallest absolute Gasteiger partial charge is 0.172 e. The van der Waals surface area contributed by atoms with Crippen LogP contribution in [0.5, 0.6) is 0 Å². The van der Waals surface area contributed by atoms with Crippen LogP contribution in [0.15, 0.2) is 27.1 Å². The summed E-state index contributed by atoms with van der Waals surface area (Å²) in [7, 11) is 0. The van der Waals surface area contributed by atoms with E-state index in [9.17, 15) is 0 Å². The zero-order valence-corrected chi connectivity index (χ0v) is 14.1. The van der Waals surface area contributed by atoms with Crippen LogP contribution in [-0.2, 0) is 6.54 Å². The van der Waals surface area contributed by atoms with Crippen LogP contribution >= 0.6 is 39.7 Å². The molecule has 0 bridgehead atoms. The van der Waals surface area contributed by atoms with Crippen molar-refractivity contribution in [3.8, 4) is 0 Å². The third-order valence-electron chi connectivity index (χ3n) is 2.56. The molecule has 2 heterocycles. The van der Waals surface area contributed by atoms with E-state index >= 15 is 0 Å². The van der Waals surface area contributed by atoms with Gasteiger partial charge in [0.1, 0.15) is 17.3 Å². The number of aromatic nitrogens is 1. The molecule has 0 radical (unpaired) electrons. The van der Waals surface area contributed by atoms with Gasteiger partial charge in [0.05, 0.1) is 21.7 Å². The molecular formula is C13H13BrClN3OS. The highest BCUT2D eigenvalue weighted by Crippen LogP contribution is 2.25. The van der Waals surface area contributed by atoms with Gasteiger partial charge in [-0.15, -0.1) is 0 Å². The maximum Gasteiger partial charge on any atom is 0.172 e. The lowest BCUT2D eigenvalue weighted by atomic mass is 10.3. The Kier molecular flexibility index (Phi) is 5.01. The molecule has 0 unspecified atom stereocenters. The van der Waals surface area contributed by atoms with E-state index in [4.69, 9.17) is 28.2 Å². The summed E-state index contributed by atoms with van der Waals surface area (Å²) in [6.45, 7) is 4.25. The number of halogens is 2. The van der Waals surface area contributed by atoms with E-state index in [1.165, 1.54) is 0 Å². The van der Waals surface area contributed by atoms with Gasteiger partial charge in [0.15, 0.2) is 5.11 Å². The van der Waals surface area contributed by atoms with E-state index in [2.05, 4.69) is 31.5 Å². The van der Waals surface area contributed by atoms with Crippen molar-refractivity contribution in [1.29, 1.82) is 0 Å². The van der Waals surface area contributed by atoms with Gasteiger partial charge in [-0.3, -0.25) is 0 Å². The average Bonchev–Trinajstić information content (AvgIpc) is 2.79. The number of nitrogens with zero attached hydrogens (tertiary/aromatic N) is 1. The van der Waals surface area contributed by atoms with E-state index in [-0.39, 0.29) is 0 Å². The quantitative estimate of drug-likeness (QED) is 0.789. The Labute approximate surface area is 136 Å². The van der Waals surface area contributed by atoms with Crippen LogP contribution < -0.4 is 10.6 Å². The summed E-state index contributed by atoms with van der Waals surface area (Å²) in [6.07, 6.45) is 0. The number of rotatable bonds is 3. The number of thiocarbonyl (C=S) groups is 1. The van der Waals surface area contributed by atoms with Crippen molar-refractivity contribution in [1.82, 2.24) is 10.3 Å². The average molecular weight is 375 g/mol. The summed E-state index contributed by atoms with van der Waals surface area (Å²) >= 11 is 14.6. The van der Waals surface area contributed by atoms with Crippen molar-refractivity contribution < 1.29 is 4.42 Å². The zero-order valence-electron chi connectivity index (χ0n) is 11.0. The molecular weight excluding hydrogens is 362 g/mol. The van der Waals surface area contributed by atoms with Crippen molar-refractivity contribution in [3.63, 3.8) is 0 Å². The SMILES string of the molecule is Cc1ccc(CNC(=S)Nc2nc(C)c(Cl)cc2Br)o1. The van der Waals surface area contributed by atoms with Gasteiger partial charge in [-0.2, -0.15) is 0 Å². The van der Waals surface area contributed by atoms with Gasteiger partial charge in [0.25, 0.3) is 0 Å². The van der Waals surface area contributed by atoms with Gasteiger partial charge in [0, 0.05) is 0 Å². The Morgan fingerprint density at radius 3 is 2.85 bits per heavy atom. The number of furan rings is 1. The van der Waals surface area contributed by atoms with Gasteiger partial charge in [-0.05, 0) is 60.2 Å². The minimum atomic E-state index is 0.467. The molecule has 0 atom stereocenters. The molecule has 2 aromatic heterocycles. The lowest BCUT2D eigenvalue weighted by molar-refractivity contribution is 0.478. The van der Waals surface area contributed by atoms with Gasteiger partial charge in [-0.1, -0.05) is 11.6 Å². The predicted molar refractivity (Wildman–Crippen MR) is 88.2 cm³/mol. The topological polar surface area (TPSA) is 50.1 Å². The number of aryl methyl sites for hydroxylation is 2. The molecule has 0 fully saturated rings. The van der Waals surface area contributed by atoms with Crippen LogP contribution in [0.25, 0.3) is 0 Å². The lowest BCUT2D eigenvalue weighted by Crippen LogP contribution is -2.28. The lowest BCUT2D eigenvalue weighted by Gasteiger charge is -2.11. The highest BCUT2D eigenvalue weighted by atomic mass is 79.9. The highest BCUT2D eigenvalue weighted by Gasteiger charge is 2.08. The highest BCUT2D eigenvalue weighted by molar-refractivity contribution is 9.10. The van der Waals surface area contributed by atoms with E-state index in [0.717, 1.165) is 21.7 Å². The molecule has 0 aromatic carbocycles. The molecule has 4 nitrogen and oxygen atoms in total. The Hall–Kier alpha value is -1.11. The van der Waals surface area contributed by atoms with Gasteiger partial charge in [-0.25, -0.2) is 4.98 Å². The molecule has 0 aliphatic rings. The molecule has 0 aliphatic carbocycles. The molecule has 2 N–H and O–H groups in total. The van der Waals surface area contributed by atoms with Crippen molar-refractivity contribution in [2.24, 2.45) is 0 Å². The summed E-state index contributed by atoms with van der Waals surface area (Å²) in [6, 6.07) is 5.60. The summed E-state index contributed by atoms with van der Waals surface area (Å²) in [4.78, 5) is 4.33. The molecule has 2 aromatic rings. The minimum absolute atomic E-state index is 0.467. The molecule has 20 heavy (non-hydrogen) atoms.